The van der Waals surface area contributed by atoms with Gasteiger partial charge in [0.15, 0.2) is 6.10 Å². The Kier molecular flexibility index (Phi) is 7.55. The summed E-state index contributed by atoms with van der Waals surface area (Å²) >= 11 is 0. The summed E-state index contributed by atoms with van der Waals surface area (Å²) in [6, 6.07) is -0.944. The van der Waals surface area contributed by atoms with Gasteiger partial charge in [-0.25, -0.2) is 9.65 Å². The molecule has 1 heterocycles. The SMILES string of the molecule is COC(=O)CCNC(=O)[C@@H]1OP(=O)(NC(C)C(=O)OC)OCC1(C)C. The first kappa shape index (κ1) is 21.6. The van der Waals surface area contributed by atoms with Crippen LogP contribution in [0.15, 0.2) is 0 Å². The van der Waals surface area contributed by atoms with E-state index in [0.717, 1.165) is 0 Å². The van der Waals surface area contributed by atoms with Crippen molar-refractivity contribution in [1.29, 1.82) is 0 Å². The summed E-state index contributed by atoms with van der Waals surface area (Å²) in [6.07, 6.45) is -1.09. The van der Waals surface area contributed by atoms with Gasteiger partial charge in [0.25, 0.3) is 0 Å². The Balaban J connectivity index is 2.75. The van der Waals surface area contributed by atoms with Gasteiger partial charge in [-0.15, -0.1) is 0 Å². The van der Waals surface area contributed by atoms with Crippen molar-refractivity contribution in [3.05, 3.63) is 0 Å². The first-order chi connectivity index (χ1) is 11.5. The number of rotatable bonds is 7. The second kappa shape index (κ2) is 8.75. The molecule has 1 aliphatic rings. The molecule has 3 atom stereocenters. The van der Waals surface area contributed by atoms with E-state index in [-0.39, 0.29) is 19.6 Å². The molecule has 11 heteroatoms. The van der Waals surface area contributed by atoms with Gasteiger partial charge in [-0.2, -0.15) is 0 Å². The molecule has 0 radical (unpaired) electrons. The third-order valence-corrected chi connectivity index (χ3v) is 5.22. The fraction of sp³-hybridized carbons (Fsp3) is 0.786. The highest BCUT2D eigenvalue weighted by Gasteiger charge is 2.48. The van der Waals surface area contributed by atoms with Gasteiger partial charge in [0.2, 0.25) is 5.91 Å². The van der Waals surface area contributed by atoms with E-state index in [4.69, 9.17) is 9.05 Å². The van der Waals surface area contributed by atoms with Crippen LogP contribution in [0.2, 0.25) is 0 Å². The molecule has 0 spiro atoms. The number of nitrogens with one attached hydrogen (secondary N) is 2. The normalized spacial score (nSPS) is 26.4. The van der Waals surface area contributed by atoms with Gasteiger partial charge in [-0.3, -0.25) is 23.4 Å². The molecule has 1 saturated heterocycles. The van der Waals surface area contributed by atoms with Crippen LogP contribution >= 0.6 is 7.75 Å². The van der Waals surface area contributed by atoms with Crippen LogP contribution < -0.4 is 10.4 Å². The summed E-state index contributed by atoms with van der Waals surface area (Å²) in [4.78, 5) is 34.9. The van der Waals surface area contributed by atoms with Gasteiger partial charge in [0.1, 0.15) is 6.04 Å². The van der Waals surface area contributed by atoms with Gasteiger partial charge in [0.05, 0.1) is 27.2 Å². The molecule has 25 heavy (non-hydrogen) atoms. The van der Waals surface area contributed by atoms with E-state index in [9.17, 15) is 18.9 Å². The van der Waals surface area contributed by atoms with Crippen molar-refractivity contribution in [1.82, 2.24) is 10.4 Å². The fourth-order valence-electron chi connectivity index (χ4n) is 2.06. The molecule has 0 aromatic heterocycles. The lowest BCUT2D eigenvalue weighted by atomic mass is 9.87. The van der Waals surface area contributed by atoms with Crippen LogP contribution in [0.4, 0.5) is 0 Å². The maximum atomic E-state index is 12.7. The van der Waals surface area contributed by atoms with Crippen LogP contribution in [0.3, 0.4) is 0 Å². The number of amides is 1. The van der Waals surface area contributed by atoms with E-state index in [1.165, 1.54) is 21.1 Å². The molecule has 2 N–H and O–H groups in total. The summed E-state index contributed by atoms with van der Waals surface area (Å²) in [5.74, 6) is -1.65. The Bertz CT molecular complexity index is 565. The fourth-order valence-corrected chi connectivity index (χ4v) is 4.00. The van der Waals surface area contributed by atoms with E-state index in [2.05, 4.69) is 19.9 Å². The minimum atomic E-state index is -3.89. The number of hydrogen-bond donors (Lipinski definition) is 2. The number of ether oxygens (including phenoxy) is 2. The van der Waals surface area contributed by atoms with E-state index in [1.54, 1.807) is 13.8 Å². The van der Waals surface area contributed by atoms with Crippen molar-refractivity contribution in [2.75, 3.05) is 27.4 Å². The molecule has 10 nitrogen and oxygen atoms in total. The monoisotopic (exact) mass is 380 g/mol. The highest BCUT2D eigenvalue weighted by Crippen LogP contribution is 2.53. The molecule has 144 valence electrons. The third kappa shape index (κ3) is 6.07. The quantitative estimate of drug-likeness (QED) is 0.475. The minimum Gasteiger partial charge on any atom is -0.469 e. The Labute approximate surface area is 146 Å². The largest absolute Gasteiger partial charge is 0.469 e. The van der Waals surface area contributed by atoms with E-state index >= 15 is 0 Å². The van der Waals surface area contributed by atoms with Crippen LogP contribution in [-0.2, 0) is 37.5 Å². The molecule has 0 aromatic rings. The molecule has 0 saturated carbocycles. The molecule has 2 unspecified atom stereocenters. The Morgan fingerprint density at radius 1 is 1.28 bits per heavy atom. The lowest BCUT2D eigenvalue weighted by Crippen LogP contribution is -2.51. The highest BCUT2D eigenvalue weighted by atomic mass is 31.2. The van der Waals surface area contributed by atoms with Gasteiger partial charge >= 0.3 is 19.7 Å². The predicted molar refractivity (Wildman–Crippen MR) is 86.5 cm³/mol. The first-order valence-corrected chi connectivity index (χ1v) is 9.22. The molecular formula is C14H25N2O8P. The zero-order chi connectivity index (χ0) is 19.3. The van der Waals surface area contributed by atoms with Gasteiger partial charge in [-0.1, -0.05) is 13.8 Å². The Morgan fingerprint density at radius 3 is 2.48 bits per heavy atom. The van der Waals surface area contributed by atoms with Crippen molar-refractivity contribution in [2.24, 2.45) is 5.41 Å². The molecule has 0 aliphatic carbocycles. The Morgan fingerprint density at radius 2 is 1.92 bits per heavy atom. The van der Waals surface area contributed by atoms with Crippen molar-refractivity contribution >= 4 is 25.6 Å². The second-order valence-electron chi connectivity index (χ2n) is 6.24. The zero-order valence-corrected chi connectivity index (χ0v) is 15.9. The average Bonchev–Trinajstić information content (AvgIpc) is 2.56. The summed E-state index contributed by atoms with van der Waals surface area (Å²) in [6.45, 7) is 4.89. The molecule has 0 aromatic carbocycles. The summed E-state index contributed by atoms with van der Waals surface area (Å²) < 4.78 is 32.3. The van der Waals surface area contributed by atoms with Crippen molar-refractivity contribution in [2.45, 2.75) is 39.3 Å². The standard InChI is InChI=1S/C14H25N2O8P/c1-9(13(19)22-5)16-25(20)23-8-14(2,3)11(24-25)12(18)15-7-6-10(17)21-4/h9,11H,6-8H2,1-5H3,(H,15,18)(H,16,20)/t9?,11-,25?/m0/s1. The van der Waals surface area contributed by atoms with Crippen molar-refractivity contribution in [3.63, 3.8) is 0 Å². The van der Waals surface area contributed by atoms with Crippen molar-refractivity contribution in [3.8, 4) is 0 Å². The summed E-state index contributed by atoms with van der Waals surface area (Å²) in [7, 11) is -1.44. The van der Waals surface area contributed by atoms with E-state index < -0.39 is 43.2 Å². The maximum Gasteiger partial charge on any atom is 0.407 e. The topological polar surface area (TPSA) is 129 Å². The number of carbonyl (C=O) groups is 3. The first-order valence-electron chi connectivity index (χ1n) is 7.68. The number of carbonyl (C=O) groups excluding carboxylic acids is 3. The molecule has 1 fully saturated rings. The Hall–Kier alpha value is -1.48. The van der Waals surface area contributed by atoms with E-state index in [1.807, 2.05) is 0 Å². The van der Waals surface area contributed by atoms with Crippen LogP contribution in [0.1, 0.15) is 27.2 Å². The lowest BCUT2D eigenvalue weighted by Gasteiger charge is -2.40. The van der Waals surface area contributed by atoms with Crippen LogP contribution in [0.25, 0.3) is 0 Å². The van der Waals surface area contributed by atoms with Crippen LogP contribution in [-0.4, -0.2) is 57.4 Å². The second-order valence-corrected chi connectivity index (χ2v) is 7.96. The van der Waals surface area contributed by atoms with Gasteiger partial charge in [-0.05, 0) is 6.92 Å². The lowest BCUT2D eigenvalue weighted by molar-refractivity contribution is -0.142. The predicted octanol–water partition coefficient (Wildman–Crippen LogP) is 0.367. The van der Waals surface area contributed by atoms with Gasteiger partial charge in [0, 0.05) is 12.0 Å². The molecule has 1 rings (SSSR count). The van der Waals surface area contributed by atoms with Crippen LogP contribution in [0.5, 0.6) is 0 Å². The summed E-state index contributed by atoms with van der Waals surface area (Å²) in [5, 5.41) is 4.97. The maximum absolute atomic E-state index is 12.7. The highest BCUT2D eigenvalue weighted by molar-refractivity contribution is 7.51. The molecule has 0 bridgehead atoms. The van der Waals surface area contributed by atoms with E-state index in [0.29, 0.717) is 0 Å². The molecule has 1 aliphatic heterocycles. The zero-order valence-electron chi connectivity index (χ0n) is 15.0. The van der Waals surface area contributed by atoms with Crippen molar-refractivity contribution < 1.29 is 37.5 Å². The number of hydrogen-bond acceptors (Lipinski definition) is 8. The van der Waals surface area contributed by atoms with Gasteiger partial charge < -0.3 is 14.8 Å². The number of esters is 2. The average molecular weight is 380 g/mol. The number of methoxy groups -OCH3 is 2. The smallest absolute Gasteiger partial charge is 0.407 e. The molecule has 1 amide bonds. The summed E-state index contributed by atoms with van der Waals surface area (Å²) in [5.41, 5.74) is -0.764. The minimum absolute atomic E-state index is 0.00116. The van der Waals surface area contributed by atoms with Crippen LogP contribution in [0, 0.1) is 5.41 Å². The third-order valence-electron chi connectivity index (χ3n) is 3.56. The molecular weight excluding hydrogens is 355 g/mol.